The average Bonchev–Trinajstić information content (AvgIpc) is 3.28. The van der Waals surface area contributed by atoms with Crippen molar-refractivity contribution in [1.29, 1.82) is 0 Å². The second-order valence-corrected chi connectivity index (χ2v) is 33.1. The van der Waals surface area contributed by atoms with E-state index in [2.05, 4.69) is 115 Å². The topological polar surface area (TPSA) is 27.7 Å². The minimum Gasteiger partial charge on any atom is -0.417 e. The molecule has 3 aliphatic rings. The Morgan fingerprint density at radius 1 is 0.822 bits per heavy atom. The Morgan fingerprint density at radius 2 is 1.33 bits per heavy atom. The van der Waals surface area contributed by atoms with Crippen LogP contribution in [-0.4, -0.2) is 43.8 Å². The third kappa shape index (κ3) is 9.17. The molecule has 0 heterocycles. The normalized spacial score (nSPS) is 30.5. The molecule has 0 aromatic rings. The van der Waals surface area contributed by atoms with Gasteiger partial charge in [0.05, 0.1) is 12.2 Å². The second kappa shape index (κ2) is 14.9. The third-order valence-corrected chi connectivity index (χ3v) is 27.6. The van der Waals surface area contributed by atoms with Crippen LogP contribution < -0.4 is 0 Å². The Labute approximate surface area is 284 Å². The van der Waals surface area contributed by atoms with E-state index in [9.17, 15) is 0 Å². The van der Waals surface area contributed by atoms with Crippen molar-refractivity contribution in [1.82, 2.24) is 0 Å². The summed E-state index contributed by atoms with van der Waals surface area (Å²) in [7, 11) is -5.28. The van der Waals surface area contributed by atoms with Gasteiger partial charge >= 0.3 is 0 Å². The number of fused-ring (bicyclic) bond motifs is 1. The van der Waals surface area contributed by atoms with Gasteiger partial charge in [-0.3, -0.25) is 0 Å². The van der Waals surface area contributed by atoms with Gasteiger partial charge in [-0.05, 0) is 129 Å². The Morgan fingerprint density at radius 3 is 1.80 bits per heavy atom. The third-order valence-electron chi connectivity index (χ3n) is 13.9. The summed E-state index contributed by atoms with van der Waals surface area (Å²) >= 11 is 0. The average molecular weight is 677 g/mol. The van der Waals surface area contributed by atoms with Gasteiger partial charge in [-0.2, -0.15) is 0 Å². The molecule has 0 radical (unpaired) electrons. The number of hydrogen-bond donors (Lipinski definition) is 0. The first kappa shape index (κ1) is 39.4. The van der Waals surface area contributed by atoms with Crippen molar-refractivity contribution in [3.05, 3.63) is 23.3 Å². The van der Waals surface area contributed by atoms with E-state index in [-0.39, 0.29) is 22.3 Å². The number of hydrogen-bond acceptors (Lipinski definition) is 3. The summed E-state index contributed by atoms with van der Waals surface area (Å²) in [6.45, 7) is 37.1. The van der Waals surface area contributed by atoms with E-state index in [0.29, 0.717) is 11.3 Å². The van der Waals surface area contributed by atoms with Crippen molar-refractivity contribution in [2.45, 2.75) is 194 Å². The molecule has 0 bridgehead atoms. The van der Waals surface area contributed by atoms with Crippen molar-refractivity contribution < 1.29 is 13.3 Å². The number of allylic oxidation sites excluding steroid dienone is 3. The van der Waals surface area contributed by atoms with E-state index in [1.807, 2.05) is 0 Å². The van der Waals surface area contributed by atoms with E-state index >= 15 is 0 Å². The maximum absolute atomic E-state index is 7.10. The standard InChI is InChI=1S/C39H76O3Si3/c1-16-45(17-2,18-3)40-29-30(4)35-23-24-36-32(20-19-25-39(35,36)11)22-21-31-26-33(41-43(12,13)37(5,6)7)28-34(27-31)42-44(14,15)38(8,9)10/h21-22,30,33-36H,16-20,23-29H2,1-15H3/b32-22+/t30-,33-,34-,35?,36?,39-/m1/s1. The molecule has 2 unspecified atom stereocenters. The Balaban J connectivity index is 1.82. The van der Waals surface area contributed by atoms with Crippen molar-refractivity contribution in [2.75, 3.05) is 6.61 Å². The van der Waals surface area contributed by atoms with E-state index in [1.54, 1.807) is 11.1 Å². The van der Waals surface area contributed by atoms with Gasteiger partial charge in [-0.15, -0.1) is 0 Å². The molecule has 3 rings (SSSR count). The van der Waals surface area contributed by atoms with Gasteiger partial charge in [-0.1, -0.05) is 99.5 Å². The molecule has 0 spiro atoms. The lowest BCUT2D eigenvalue weighted by Crippen LogP contribution is -2.48. The van der Waals surface area contributed by atoms with Crippen LogP contribution in [0.3, 0.4) is 0 Å². The molecule has 6 heteroatoms. The summed E-state index contributed by atoms with van der Waals surface area (Å²) < 4.78 is 21.0. The quantitative estimate of drug-likeness (QED) is 0.193. The van der Waals surface area contributed by atoms with Crippen LogP contribution in [0.4, 0.5) is 0 Å². The molecule has 0 amide bonds. The highest BCUT2D eigenvalue weighted by atomic mass is 28.4. The van der Waals surface area contributed by atoms with Gasteiger partial charge in [0.2, 0.25) is 0 Å². The molecular formula is C39H76O3Si3. The summed E-state index contributed by atoms with van der Waals surface area (Å²) in [4.78, 5) is 0. The van der Waals surface area contributed by atoms with Crippen LogP contribution in [0.1, 0.15) is 128 Å². The highest BCUT2D eigenvalue weighted by Gasteiger charge is 2.51. The monoisotopic (exact) mass is 677 g/mol. The van der Waals surface area contributed by atoms with E-state index in [0.717, 1.165) is 37.7 Å². The molecule has 0 N–H and O–H groups in total. The maximum Gasteiger partial charge on any atom is 0.192 e. The molecule has 6 atom stereocenters. The molecule has 262 valence electrons. The van der Waals surface area contributed by atoms with Gasteiger partial charge in [0, 0.05) is 6.61 Å². The second-order valence-electron chi connectivity index (χ2n) is 18.8. The van der Waals surface area contributed by atoms with Crippen LogP contribution in [-0.2, 0) is 13.3 Å². The fourth-order valence-electron chi connectivity index (χ4n) is 8.55. The molecular weight excluding hydrogens is 601 g/mol. The Hall–Kier alpha value is 0.0106. The zero-order chi connectivity index (χ0) is 34.1. The number of rotatable bonds is 12. The van der Waals surface area contributed by atoms with E-state index < -0.39 is 25.0 Å². The summed E-state index contributed by atoms with van der Waals surface area (Å²) in [5.74, 6) is 2.15. The van der Waals surface area contributed by atoms with Crippen LogP contribution in [0.2, 0.25) is 54.4 Å². The van der Waals surface area contributed by atoms with Crippen molar-refractivity contribution in [2.24, 2.45) is 23.2 Å². The molecule has 0 aliphatic heterocycles. The fraction of sp³-hybridized carbons (Fsp3) is 0.897. The van der Waals surface area contributed by atoms with Crippen molar-refractivity contribution in [3.8, 4) is 0 Å². The largest absolute Gasteiger partial charge is 0.417 e. The Bertz CT molecular complexity index is 983. The van der Waals surface area contributed by atoms with Gasteiger partial charge in [0.1, 0.15) is 0 Å². The lowest BCUT2D eigenvalue weighted by Gasteiger charge is -2.45. The zero-order valence-corrected chi connectivity index (χ0v) is 35.8. The molecule has 3 saturated carbocycles. The van der Waals surface area contributed by atoms with Crippen LogP contribution >= 0.6 is 0 Å². The molecule has 0 saturated heterocycles. The first-order chi connectivity index (χ1) is 20.6. The van der Waals surface area contributed by atoms with Crippen molar-refractivity contribution in [3.63, 3.8) is 0 Å². The molecule has 45 heavy (non-hydrogen) atoms. The minimum atomic E-state index is -1.87. The maximum atomic E-state index is 7.10. The molecule has 0 aromatic carbocycles. The fourth-order valence-corrected chi connectivity index (χ4v) is 14.0. The summed E-state index contributed by atoms with van der Waals surface area (Å²) in [6.07, 6.45) is 15.5. The summed E-state index contributed by atoms with van der Waals surface area (Å²) in [6, 6.07) is 3.76. The molecule has 3 aliphatic carbocycles. The van der Waals surface area contributed by atoms with Crippen LogP contribution in [0, 0.1) is 23.2 Å². The lowest BCUT2D eigenvalue weighted by molar-refractivity contribution is 0.0715. The highest BCUT2D eigenvalue weighted by molar-refractivity contribution is 6.74. The van der Waals surface area contributed by atoms with Crippen LogP contribution in [0.25, 0.3) is 0 Å². The van der Waals surface area contributed by atoms with E-state index in [1.165, 1.54) is 50.2 Å². The minimum absolute atomic E-state index is 0.215. The molecule has 3 nitrogen and oxygen atoms in total. The van der Waals surface area contributed by atoms with E-state index in [4.69, 9.17) is 13.3 Å². The SMILES string of the molecule is CC[Si](CC)(CC)OC[C@@H](C)C1CCC2/C(=C/C=C3C[C@@H](O[Si](C)(C)C(C)(C)C)C[C@H](O[Si](C)(C)C(C)(C)C)C3)CCC[C@@]21C. The highest BCUT2D eigenvalue weighted by Crippen LogP contribution is 2.59. The zero-order valence-electron chi connectivity index (χ0n) is 32.8. The summed E-state index contributed by atoms with van der Waals surface area (Å²) in [5, 5.41) is 0.431. The van der Waals surface area contributed by atoms with Gasteiger partial charge in [0.25, 0.3) is 0 Å². The predicted octanol–water partition coefficient (Wildman–Crippen LogP) is 12.7. The van der Waals surface area contributed by atoms with Crippen molar-refractivity contribution >= 4 is 25.0 Å². The first-order valence-corrected chi connectivity index (χ1v) is 27.4. The Kier molecular flexibility index (Phi) is 13.0. The van der Waals surface area contributed by atoms with Crippen LogP contribution in [0.5, 0.6) is 0 Å². The summed E-state index contributed by atoms with van der Waals surface area (Å²) in [5.41, 5.74) is 3.68. The lowest BCUT2D eigenvalue weighted by atomic mass is 9.61. The molecule has 0 aromatic heterocycles. The molecule has 3 fully saturated rings. The predicted molar refractivity (Wildman–Crippen MR) is 205 cm³/mol. The van der Waals surface area contributed by atoms with Gasteiger partial charge in [0.15, 0.2) is 25.0 Å². The van der Waals surface area contributed by atoms with Gasteiger partial charge < -0.3 is 13.3 Å². The first-order valence-electron chi connectivity index (χ1n) is 19.0. The smallest absolute Gasteiger partial charge is 0.192 e. The van der Waals surface area contributed by atoms with Crippen LogP contribution in [0.15, 0.2) is 23.3 Å². The van der Waals surface area contributed by atoms with Gasteiger partial charge in [-0.25, -0.2) is 0 Å².